The Morgan fingerprint density at radius 1 is 1.56 bits per heavy atom. The second-order valence-corrected chi connectivity index (χ2v) is 5.19. The van der Waals surface area contributed by atoms with E-state index in [1.165, 1.54) is 11.3 Å². The van der Waals surface area contributed by atoms with Crippen LogP contribution < -0.4 is 0 Å². The number of nitrogens with zero attached hydrogens (tertiary/aromatic N) is 1. The Balaban J connectivity index is 2.23. The molecule has 0 saturated carbocycles. The van der Waals surface area contributed by atoms with Crippen molar-refractivity contribution in [1.82, 2.24) is 4.90 Å². The maximum absolute atomic E-state index is 11.7. The highest BCUT2D eigenvalue weighted by Crippen LogP contribution is 2.12. The molecule has 1 rings (SSSR count). The summed E-state index contributed by atoms with van der Waals surface area (Å²) < 4.78 is 0. The van der Waals surface area contributed by atoms with Gasteiger partial charge in [0.15, 0.2) is 5.78 Å². The number of thiophene rings is 1. The molecule has 0 amide bonds. The molecule has 1 heterocycles. The number of hydrogen-bond donors (Lipinski definition) is 0. The predicted octanol–water partition coefficient (Wildman–Crippen LogP) is 3.44. The van der Waals surface area contributed by atoms with Gasteiger partial charge in [-0.15, -0.1) is 11.3 Å². The second kappa shape index (κ2) is 6.81. The molecule has 0 fully saturated rings. The molecule has 0 spiro atoms. The van der Waals surface area contributed by atoms with Gasteiger partial charge < -0.3 is 4.90 Å². The van der Waals surface area contributed by atoms with E-state index in [4.69, 9.17) is 0 Å². The topological polar surface area (TPSA) is 20.3 Å². The van der Waals surface area contributed by atoms with Gasteiger partial charge in [-0.1, -0.05) is 13.0 Å². The predicted molar refractivity (Wildman–Crippen MR) is 70.3 cm³/mol. The van der Waals surface area contributed by atoms with Crippen molar-refractivity contribution >= 4 is 17.1 Å². The zero-order valence-corrected chi connectivity index (χ0v) is 11.2. The number of hydrogen-bond acceptors (Lipinski definition) is 3. The van der Waals surface area contributed by atoms with Gasteiger partial charge in [0.25, 0.3) is 0 Å². The minimum atomic E-state index is 0.285. The Labute approximate surface area is 102 Å². The van der Waals surface area contributed by atoms with Crippen LogP contribution in [0.5, 0.6) is 0 Å². The van der Waals surface area contributed by atoms with Crippen molar-refractivity contribution in [3.63, 3.8) is 0 Å². The molecule has 90 valence electrons. The lowest BCUT2D eigenvalue weighted by atomic mass is 10.1. The Kier molecular flexibility index (Phi) is 5.71. The molecule has 0 aliphatic heterocycles. The molecule has 0 radical (unpaired) electrons. The lowest BCUT2D eigenvalue weighted by Gasteiger charge is -2.22. The number of carbonyl (C=O) groups is 1. The first-order valence-electron chi connectivity index (χ1n) is 5.92. The summed E-state index contributed by atoms with van der Waals surface area (Å²) in [6.07, 6.45) is 2.79. The van der Waals surface area contributed by atoms with Crippen LogP contribution in [0.4, 0.5) is 0 Å². The first-order valence-corrected chi connectivity index (χ1v) is 6.80. The summed E-state index contributed by atoms with van der Waals surface area (Å²) in [5.74, 6) is 0.285. The lowest BCUT2D eigenvalue weighted by molar-refractivity contribution is 0.0977. The number of carbonyl (C=O) groups excluding carboxylic acids is 1. The average Bonchev–Trinajstić information content (AvgIpc) is 2.81. The molecule has 1 aromatic rings. The van der Waals surface area contributed by atoms with E-state index in [-0.39, 0.29) is 5.78 Å². The summed E-state index contributed by atoms with van der Waals surface area (Å²) in [6.45, 7) is 5.42. The van der Waals surface area contributed by atoms with Gasteiger partial charge in [0.2, 0.25) is 0 Å². The largest absolute Gasteiger partial charge is 0.304 e. The van der Waals surface area contributed by atoms with E-state index in [0.717, 1.165) is 24.3 Å². The van der Waals surface area contributed by atoms with Crippen LogP contribution in [0.3, 0.4) is 0 Å². The Bertz CT molecular complexity index is 308. The highest BCUT2D eigenvalue weighted by atomic mass is 32.1. The molecule has 0 saturated heterocycles. The number of ketones is 1. The van der Waals surface area contributed by atoms with Gasteiger partial charge >= 0.3 is 0 Å². The van der Waals surface area contributed by atoms with Crippen LogP contribution in [0.25, 0.3) is 0 Å². The molecule has 0 bridgehead atoms. The van der Waals surface area contributed by atoms with Crippen LogP contribution in [0.1, 0.15) is 42.8 Å². The quantitative estimate of drug-likeness (QED) is 0.679. The third kappa shape index (κ3) is 4.06. The highest BCUT2D eigenvalue weighted by molar-refractivity contribution is 7.12. The second-order valence-electron chi connectivity index (χ2n) is 4.24. The molecular weight excluding hydrogens is 218 g/mol. The molecule has 0 aliphatic carbocycles. The minimum absolute atomic E-state index is 0.285. The first kappa shape index (κ1) is 13.4. The Morgan fingerprint density at radius 2 is 2.31 bits per heavy atom. The van der Waals surface area contributed by atoms with Crippen molar-refractivity contribution in [2.24, 2.45) is 0 Å². The van der Waals surface area contributed by atoms with Gasteiger partial charge in [-0.05, 0) is 44.8 Å². The van der Waals surface area contributed by atoms with Gasteiger partial charge in [0.1, 0.15) is 0 Å². The summed E-state index contributed by atoms with van der Waals surface area (Å²) in [5, 5.41) is 1.96. The molecule has 0 aromatic carbocycles. The fourth-order valence-electron chi connectivity index (χ4n) is 1.58. The molecule has 0 N–H and O–H groups in total. The third-order valence-corrected chi connectivity index (χ3v) is 3.96. The zero-order valence-electron chi connectivity index (χ0n) is 10.4. The van der Waals surface area contributed by atoms with Crippen LogP contribution in [-0.4, -0.2) is 30.3 Å². The zero-order chi connectivity index (χ0) is 12.0. The van der Waals surface area contributed by atoms with Crippen LogP contribution in [0.2, 0.25) is 0 Å². The monoisotopic (exact) mass is 239 g/mol. The smallest absolute Gasteiger partial charge is 0.172 e. The van der Waals surface area contributed by atoms with Gasteiger partial charge in [0, 0.05) is 12.5 Å². The molecule has 1 unspecified atom stereocenters. The maximum Gasteiger partial charge on any atom is 0.172 e. The molecule has 1 aromatic heterocycles. The molecule has 3 heteroatoms. The van der Waals surface area contributed by atoms with Crippen LogP contribution in [-0.2, 0) is 0 Å². The molecular formula is C13H21NOS. The van der Waals surface area contributed by atoms with E-state index in [9.17, 15) is 4.79 Å². The average molecular weight is 239 g/mol. The Hall–Kier alpha value is -0.670. The van der Waals surface area contributed by atoms with Gasteiger partial charge in [-0.2, -0.15) is 0 Å². The van der Waals surface area contributed by atoms with Crippen molar-refractivity contribution in [2.75, 3.05) is 13.6 Å². The summed E-state index contributed by atoms with van der Waals surface area (Å²) in [5.41, 5.74) is 0. The highest BCUT2D eigenvalue weighted by Gasteiger charge is 2.09. The van der Waals surface area contributed by atoms with Gasteiger partial charge in [-0.25, -0.2) is 0 Å². The van der Waals surface area contributed by atoms with E-state index >= 15 is 0 Å². The Morgan fingerprint density at radius 3 is 2.88 bits per heavy atom. The normalized spacial score (nSPS) is 13.0. The van der Waals surface area contributed by atoms with Crippen LogP contribution in [0, 0.1) is 0 Å². The van der Waals surface area contributed by atoms with Gasteiger partial charge in [0.05, 0.1) is 4.88 Å². The van der Waals surface area contributed by atoms with Crippen molar-refractivity contribution in [3.8, 4) is 0 Å². The molecule has 1 atom stereocenters. The van der Waals surface area contributed by atoms with E-state index in [0.29, 0.717) is 12.5 Å². The van der Waals surface area contributed by atoms with E-state index < -0.39 is 0 Å². The molecule has 16 heavy (non-hydrogen) atoms. The molecule has 0 aliphatic rings. The van der Waals surface area contributed by atoms with Crippen molar-refractivity contribution < 1.29 is 4.79 Å². The minimum Gasteiger partial charge on any atom is -0.304 e. The summed E-state index contributed by atoms with van der Waals surface area (Å²) in [7, 11) is 2.13. The maximum atomic E-state index is 11.7. The number of Topliss-reactive ketones (excluding diaryl/α,β-unsaturated/α-hetero) is 1. The fraction of sp³-hybridized carbons (Fsp3) is 0.615. The van der Waals surface area contributed by atoms with E-state index in [1.54, 1.807) is 0 Å². The van der Waals surface area contributed by atoms with Crippen molar-refractivity contribution in [1.29, 1.82) is 0 Å². The SMILES string of the molecule is CCC(C)N(C)CCCC(=O)c1cccs1. The van der Waals surface area contributed by atoms with Crippen molar-refractivity contribution in [2.45, 2.75) is 39.2 Å². The third-order valence-electron chi connectivity index (χ3n) is 3.05. The lowest BCUT2D eigenvalue weighted by Crippen LogP contribution is -2.29. The van der Waals surface area contributed by atoms with E-state index in [2.05, 4.69) is 25.8 Å². The van der Waals surface area contributed by atoms with Crippen molar-refractivity contribution in [3.05, 3.63) is 22.4 Å². The standard InChI is InChI=1S/C13H21NOS/c1-4-11(2)14(3)9-5-7-12(15)13-8-6-10-16-13/h6,8,10-11H,4-5,7,9H2,1-3H3. The van der Waals surface area contributed by atoms with Crippen LogP contribution >= 0.6 is 11.3 Å². The van der Waals surface area contributed by atoms with E-state index in [1.807, 2.05) is 17.5 Å². The first-order chi connectivity index (χ1) is 7.65. The van der Waals surface area contributed by atoms with Gasteiger partial charge in [-0.3, -0.25) is 4.79 Å². The number of rotatable bonds is 7. The van der Waals surface area contributed by atoms with Crippen LogP contribution in [0.15, 0.2) is 17.5 Å². The fourth-order valence-corrected chi connectivity index (χ4v) is 2.28. The molecule has 2 nitrogen and oxygen atoms in total. The summed E-state index contributed by atoms with van der Waals surface area (Å²) in [6, 6.07) is 4.45. The summed E-state index contributed by atoms with van der Waals surface area (Å²) in [4.78, 5) is 14.9. The summed E-state index contributed by atoms with van der Waals surface area (Å²) >= 11 is 1.54.